The molecule has 0 bridgehead atoms. The molecule has 3 aromatic rings. The van der Waals surface area contributed by atoms with Crippen LogP contribution in [0.25, 0.3) is 5.65 Å². The molecule has 24 heavy (non-hydrogen) atoms. The molecule has 0 aliphatic carbocycles. The quantitative estimate of drug-likeness (QED) is 0.674. The maximum atomic E-state index is 5.88. The third kappa shape index (κ3) is 3.23. The van der Waals surface area contributed by atoms with Crippen molar-refractivity contribution in [1.82, 2.24) is 25.1 Å². The molecule has 0 radical (unpaired) electrons. The van der Waals surface area contributed by atoms with E-state index in [0.29, 0.717) is 37.8 Å². The molecule has 0 amide bonds. The van der Waals surface area contributed by atoms with Crippen LogP contribution in [0.5, 0.6) is 17.4 Å². The largest absolute Gasteiger partial charge is 0.486 e. The summed E-state index contributed by atoms with van der Waals surface area (Å²) in [4.78, 5) is 0. The van der Waals surface area contributed by atoms with E-state index in [1.165, 1.54) is 0 Å². The van der Waals surface area contributed by atoms with Gasteiger partial charge in [0.2, 0.25) is 5.88 Å². The summed E-state index contributed by atoms with van der Waals surface area (Å²) in [5.41, 5.74) is 0.690. The number of hydrogen-bond donors (Lipinski definition) is 1. The zero-order valence-electron chi connectivity index (χ0n) is 13.0. The molecule has 1 N–H and O–H groups in total. The molecule has 0 fully saturated rings. The average Bonchev–Trinajstić information content (AvgIpc) is 3.09. The molecule has 8 nitrogen and oxygen atoms in total. The highest BCUT2D eigenvalue weighted by Crippen LogP contribution is 2.30. The number of para-hydroxylation sites is 2. The predicted octanol–water partition coefficient (Wildman–Crippen LogP) is 0.933. The standard InChI is InChI=1S/C16H17N5O3/c1-2-4-14-13(3-1)23-10-12(24-14)9-17-7-8-22-16-6-5-15-19-18-11-21(15)20-16/h1-6,11-12,17H,7-10H2. The lowest BCUT2D eigenvalue weighted by atomic mass is 10.2. The van der Waals surface area contributed by atoms with E-state index < -0.39 is 0 Å². The molecule has 4 rings (SSSR count). The molecule has 1 aliphatic rings. The summed E-state index contributed by atoms with van der Waals surface area (Å²) in [5.74, 6) is 2.13. The Balaban J connectivity index is 1.20. The maximum Gasteiger partial charge on any atom is 0.231 e. The minimum absolute atomic E-state index is 0.00796. The zero-order chi connectivity index (χ0) is 16.2. The minimum Gasteiger partial charge on any atom is -0.486 e. The summed E-state index contributed by atoms with van der Waals surface area (Å²) < 4.78 is 18.7. The Kier molecular flexibility index (Phi) is 4.11. The lowest BCUT2D eigenvalue weighted by molar-refractivity contribution is 0.0897. The molecule has 124 valence electrons. The lowest BCUT2D eigenvalue weighted by Crippen LogP contribution is -2.39. The number of aromatic nitrogens is 4. The Morgan fingerprint density at radius 2 is 2.12 bits per heavy atom. The van der Waals surface area contributed by atoms with E-state index in [-0.39, 0.29) is 6.10 Å². The molecule has 1 atom stereocenters. The lowest BCUT2D eigenvalue weighted by Gasteiger charge is -2.26. The Morgan fingerprint density at radius 1 is 1.21 bits per heavy atom. The van der Waals surface area contributed by atoms with E-state index in [4.69, 9.17) is 14.2 Å². The van der Waals surface area contributed by atoms with E-state index in [2.05, 4.69) is 20.6 Å². The molecule has 0 spiro atoms. The van der Waals surface area contributed by atoms with Crippen molar-refractivity contribution in [2.24, 2.45) is 0 Å². The number of nitrogens with one attached hydrogen (secondary N) is 1. The van der Waals surface area contributed by atoms with Crippen LogP contribution in [0.4, 0.5) is 0 Å². The van der Waals surface area contributed by atoms with Gasteiger partial charge in [0.15, 0.2) is 17.1 Å². The van der Waals surface area contributed by atoms with Gasteiger partial charge in [0.05, 0.1) is 0 Å². The molecular weight excluding hydrogens is 310 g/mol. The van der Waals surface area contributed by atoms with Gasteiger partial charge in [-0.05, 0) is 18.2 Å². The Bertz CT molecular complexity index is 822. The van der Waals surface area contributed by atoms with Gasteiger partial charge in [-0.2, -0.15) is 4.52 Å². The third-order valence-electron chi connectivity index (χ3n) is 3.61. The molecular formula is C16H17N5O3. The van der Waals surface area contributed by atoms with Crippen LogP contribution in [0, 0.1) is 0 Å². The number of hydrogen-bond acceptors (Lipinski definition) is 7. The van der Waals surface area contributed by atoms with Gasteiger partial charge < -0.3 is 19.5 Å². The van der Waals surface area contributed by atoms with Crippen molar-refractivity contribution in [3.8, 4) is 17.4 Å². The van der Waals surface area contributed by atoms with Gasteiger partial charge in [0, 0.05) is 19.2 Å². The summed E-state index contributed by atoms with van der Waals surface area (Å²) in [6.45, 7) is 2.42. The van der Waals surface area contributed by atoms with Crippen molar-refractivity contribution >= 4 is 5.65 Å². The fourth-order valence-electron chi connectivity index (χ4n) is 2.44. The Hall–Kier alpha value is -2.87. The summed E-state index contributed by atoms with van der Waals surface area (Å²) >= 11 is 0. The van der Waals surface area contributed by atoms with Crippen LogP contribution in [0.2, 0.25) is 0 Å². The molecule has 1 aromatic carbocycles. The second-order valence-electron chi connectivity index (χ2n) is 5.36. The van der Waals surface area contributed by atoms with Gasteiger partial charge in [-0.3, -0.25) is 0 Å². The molecule has 2 aromatic heterocycles. The number of fused-ring (bicyclic) bond motifs is 2. The smallest absolute Gasteiger partial charge is 0.231 e. The zero-order valence-corrected chi connectivity index (χ0v) is 13.0. The van der Waals surface area contributed by atoms with Crippen molar-refractivity contribution < 1.29 is 14.2 Å². The first-order valence-corrected chi connectivity index (χ1v) is 7.77. The monoisotopic (exact) mass is 327 g/mol. The summed E-state index contributed by atoms with van der Waals surface area (Å²) in [6.07, 6.45) is 1.53. The summed E-state index contributed by atoms with van der Waals surface area (Å²) in [5, 5.41) is 15.2. The normalized spacial score (nSPS) is 16.2. The second kappa shape index (κ2) is 6.71. The molecule has 1 unspecified atom stereocenters. The van der Waals surface area contributed by atoms with Gasteiger partial charge >= 0.3 is 0 Å². The van der Waals surface area contributed by atoms with Crippen LogP contribution < -0.4 is 19.5 Å². The highest BCUT2D eigenvalue weighted by molar-refractivity contribution is 5.40. The first-order valence-electron chi connectivity index (χ1n) is 7.77. The van der Waals surface area contributed by atoms with Gasteiger partial charge in [-0.15, -0.1) is 15.3 Å². The van der Waals surface area contributed by atoms with Gasteiger partial charge in [0.1, 0.15) is 25.6 Å². The van der Waals surface area contributed by atoms with E-state index in [9.17, 15) is 0 Å². The van der Waals surface area contributed by atoms with Crippen molar-refractivity contribution in [2.45, 2.75) is 6.10 Å². The molecule has 8 heteroatoms. The van der Waals surface area contributed by atoms with Crippen molar-refractivity contribution in [3.05, 3.63) is 42.7 Å². The number of benzene rings is 1. The highest BCUT2D eigenvalue weighted by Gasteiger charge is 2.19. The Morgan fingerprint density at radius 3 is 3.08 bits per heavy atom. The van der Waals surface area contributed by atoms with Crippen LogP contribution in [-0.4, -0.2) is 52.2 Å². The minimum atomic E-state index is -0.00796. The van der Waals surface area contributed by atoms with Crippen LogP contribution in [0.3, 0.4) is 0 Å². The predicted molar refractivity (Wildman–Crippen MR) is 85.5 cm³/mol. The van der Waals surface area contributed by atoms with Crippen LogP contribution >= 0.6 is 0 Å². The second-order valence-corrected chi connectivity index (χ2v) is 5.36. The molecule has 0 saturated heterocycles. The number of rotatable bonds is 6. The first kappa shape index (κ1) is 14.7. The number of nitrogens with zero attached hydrogens (tertiary/aromatic N) is 4. The summed E-state index contributed by atoms with van der Waals surface area (Å²) in [6, 6.07) is 11.3. The van der Waals surface area contributed by atoms with Crippen LogP contribution in [0.15, 0.2) is 42.7 Å². The topological polar surface area (TPSA) is 82.8 Å². The van der Waals surface area contributed by atoms with E-state index in [1.54, 1.807) is 16.9 Å². The Labute approximate surface area is 138 Å². The summed E-state index contributed by atoms with van der Waals surface area (Å²) in [7, 11) is 0. The van der Waals surface area contributed by atoms with Crippen LogP contribution in [-0.2, 0) is 0 Å². The van der Waals surface area contributed by atoms with Gasteiger partial charge in [-0.25, -0.2) is 0 Å². The van der Waals surface area contributed by atoms with E-state index >= 15 is 0 Å². The molecule has 0 saturated carbocycles. The third-order valence-corrected chi connectivity index (χ3v) is 3.61. The van der Waals surface area contributed by atoms with Gasteiger partial charge in [0.25, 0.3) is 0 Å². The fraction of sp³-hybridized carbons (Fsp3) is 0.312. The number of ether oxygens (including phenoxy) is 3. The molecule has 3 heterocycles. The van der Waals surface area contributed by atoms with Crippen LogP contribution in [0.1, 0.15) is 0 Å². The van der Waals surface area contributed by atoms with Crippen molar-refractivity contribution in [2.75, 3.05) is 26.3 Å². The van der Waals surface area contributed by atoms with E-state index in [0.717, 1.165) is 11.5 Å². The highest BCUT2D eigenvalue weighted by atomic mass is 16.6. The SMILES string of the molecule is c1ccc2c(c1)OCC(CNCCOc1ccc3nncn3n1)O2. The van der Waals surface area contributed by atoms with E-state index in [1.807, 2.05) is 30.3 Å². The fourth-order valence-corrected chi connectivity index (χ4v) is 2.44. The maximum absolute atomic E-state index is 5.88. The average molecular weight is 327 g/mol. The van der Waals surface area contributed by atoms with Crippen molar-refractivity contribution in [1.29, 1.82) is 0 Å². The molecule has 1 aliphatic heterocycles. The van der Waals surface area contributed by atoms with Gasteiger partial charge in [-0.1, -0.05) is 12.1 Å². The van der Waals surface area contributed by atoms with Crippen molar-refractivity contribution in [3.63, 3.8) is 0 Å². The first-order chi connectivity index (χ1) is 11.9.